The molecule has 0 amide bonds. The molecule has 6 heteroatoms. The number of ether oxygens (including phenoxy) is 1. The zero-order valence-corrected chi connectivity index (χ0v) is 12.7. The second-order valence-electron chi connectivity index (χ2n) is 4.20. The van der Waals surface area contributed by atoms with Gasteiger partial charge in [0.2, 0.25) is 0 Å². The summed E-state index contributed by atoms with van der Waals surface area (Å²) in [6.07, 6.45) is 1.81. The van der Waals surface area contributed by atoms with Crippen LogP contribution in [0.15, 0.2) is 41.7 Å². The van der Waals surface area contributed by atoms with Crippen LogP contribution in [0.3, 0.4) is 0 Å². The third-order valence-electron chi connectivity index (χ3n) is 2.83. The van der Waals surface area contributed by atoms with Crippen molar-refractivity contribution in [1.29, 1.82) is 0 Å². The van der Waals surface area contributed by atoms with Crippen LogP contribution in [0.1, 0.15) is 17.7 Å². The average molecular weight is 303 g/mol. The third kappa shape index (κ3) is 2.76. The lowest BCUT2D eigenvalue weighted by Gasteiger charge is -2.09. The first-order valence-corrected chi connectivity index (χ1v) is 7.85. The first-order chi connectivity index (χ1) is 9.76. The first kappa shape index (κ1) is 13.3. The lowest BCUT2D eigenvalue weighted by atomic mass is 10.2. The van der Waals surface area contributed by atoms with Crippen LogP contribution in [0.5, 0.6) is 5.19 Å². The lowest BCUT2D eigenvalue weighted by molar-refractivity contribution is 0.412. The van der Waals surface area contributed by atoms with Crippen LogP contribution in [-0.2, 0) is 0 Å². The Morgan fingerprint density at radius 3 is 2.75 bits per heavy atom. The lowest BCUT2D eigenvalue weighted by Crippen LogP contribution is -1.92. The van der Waals surface area contributed by atoms with E-state index >= 15 is 0 Å². The largest absolute Gasteiger partial charge is 0.473 e. The van der Waals surface area contributed by atoms with Crippen molar-refractivity contribution in [2.75, 3.05) is 7.11 Å². The van der Waals surface area contributed by atoms with Crippen molar-refractivity contribution >= 4 is 33.4 Å². The SMILES string of the molecule is COc1nc2nc(S[C@H](C)c3ccccc3)ncc2s1. The maximum Gasteiger partial charge on any atom is 0.275 e. The van der Waals surface area contributed by atoms with E-state index in [2.05, 4.69) is 34.0 Å². The highest BCUT2D eigenvalue weighted by Gasteiger charge is 2.12. The van der Waals surface area contributed by atoms with E-state index in [1.165, 1.54) is 16.9 Å². The molecule has 3 rings (SSSR count). The summed E-state index contributed by atoms with van der Waals surface area (Å²) in [5.41, 5.74) is 1.96. The normalized spacial score (nSPS) is 12.5. The van der Waals surface area contributed by atoms with Gasteiger partial charge < -0.3 is 4.74 Å². The highest BCUT2D eigenvalue weighted by atomic mass is 32.2. The Kier molecular flexibility index (Phi) is 3.84. The summed E-state index contributed by atoms with van der Waals surface area (Å²) in [5.74, 6) is 0. The molecule has 1 atom stereocenters. The van der Waals surface area contributed by atoms with Gasteiger partial charge in [0.15, 0.2) is 10.8 Å². The number of hydrogen-bond acceptors (Lipinski definition) is 6. The molecular formula is C14H13N3OS2. The molecule has 0 N–H and O–H groups in total. The molecule has 0 spiro atoms. The quantitative estimate of drug-likeness (QED) is 0.539. The molecular weight excluding hydrogens is 290 g/mol. The maximum absolute atomic E-state index is 5.12. The molecule has 2 aromatic heterocycles. The molecule has 0 fully saturated rings. The fraction of sp³-hybridized carbons (Fsp3) is 0.214. The number of methoxy groups -OCH3 is 1. The van der Waals surface area contributed by atoms with Gasteiger partial charge in [0, 0.05) is 5.25 Å². The van der Waals surface area contributed by atoms with Crippen LogP contribution in [0.2, 0.25) is 0 Å². The van der Waals surface area contributed by atoms with Crippen LogP contribution in [0.4, 0.5) is 0 Å². The first-order valence-electron chi connectivity index (χ1n) is 6.15. The minimum absolute atomic E-state index is 0.300. The van der Waals surface area contributed by atoms with Crippen LogP contribution in [-0.4, -0.2) is 22.1 Å². The molecule has 0 unspecified atom stereocenters. The molecule has 20 heavy (non-hydrogen) atoms. The van der Waals surface area contributed by atoms with E-state index in [0.717, 1.165) is 9.86 Å². The van der Waals surface area contributed by atoms with Crippen molar-refractivity contribution in [3.63, 3.8) is 0 Å². The van der Waals surface area contributed by atoms with Crippen molar-refractivity contribution in [3.8, 4) is 5.19 Å². The van der Waals surface area contributed by atoms with Gasteiger partial charge in [-0.25, -0.2) is 9.97 Å². The number of nitrogens with zero attached hydrogens (tertiary/aromatic N) is 3. The summed E-state index contributed by atoms with van der Waals surface area (Å²) < 4.78 is 6.07. The van der Waals surface area contributed by atoms with Gasteiger partial charge in [-0.1, -0.05) is 53.4 Å². The molecule has 0 aliphatic carbocycles. The van der Waals surface area contributed by atoms with Crippen molar-refractivity contribution < 1.29 is 4.74 Å². The molecule has 0 bridgehead atoms. The molecule has 0 saturated carbocycles. The Bertz CT molecular complexity index is 715. The summed E-state index contributed by atoms with van der Waals surface area (Å²) in [6, 6.07) is 10.3. The Hall–Kier alpha value is -1.66. The summed E-state index contributed by atoms with van der Waals surface area (Å²) in [4.78, 5) is 13.2. The zero-order chi connectivity index (χ0) is 13.9. The monoisotopic (exact) mass is 303 g/mol. The predicted octanol–water partition coefficient (Wildman–Crippen LogP) is 3.95. The van der Waals surface area contributed by atoms with Crippen molar-refractivity contribution in [2.24, 2.45) is 0 Å². The second kappa shape index (κ2) is 5.76. The van der Waals surface area contributed by atoms with Crippen LogP contribution in [0, 0.1) is 0 Å². The third-order valence-corrected chi connectivity index (χ3v) is 4.81. The molecule has 0 saturated heterocycles. The van der Waals surface area contributed by atoms with E-state index < -0.39 is 0 Å². The van der Waals surface area contributed by atoms with Crippen LogP contribution in [0.25, 0.3) is 10.3 Å². The number of thiazole rings is 1. The highest BCUT2D eigenvalue weighted by molar-refractivity contribution is 7.99. The number of aromatic nitrogens is 3. The van der Waals surface area contributed by atoms with Gasteiger partial charge in [-0.05, 0) is 12.5 Å². The molecule has 3 aromatic rings. The Morgan fingerprint density at radius 1 is 1.20 bits per heavy atom. The van der Waals surface area contributed by atoms with Gasteiger partial charge in [0.1, 0.15) is 0 Å². The summed E-state index contributed by atoms with van der Waals surface area (Å²) in [7, 11) is 1.61. The van der Waals surface area contributed by atoms with Gasteiger partial charge in [-0.15, -0.1) is 0 Å². The molecule has 2 heterocycles. The van der Waals surface area contributed by atoms with Crippen LogP contribution < -0.4 is 4.74 Å². The van der Waals surface area contributed by atoms with E-state index in [0.29, 0.717) is 16.1 Å². The fourth-order valence-corrected chi connectivity index (χ4v) is 3.35. The minimum Gasteiger partial charge on any atom is -0.473 e. The van der Waals surface area contributed by atoms with Crippen molar-refractivity contribution in [3.05, 3.63) is 42.1 Å². The molecule has 1 aromatic carbocycles. The topological polar surface area (TPSA) is 47.9 Å². The second-order valence-corrected chi connectivity index (χ2v) is 6.50. The summed E-state index contributed by atoms with van der Waals surface area (Å²) in [6.45, 7) is 2.15. The summed E-state index contributed by atoms with van der Waals surface area (Å²) >= 11 is 3.08. The zero-order valence-electron chi connectivity index (χ0n) is 11.1. The number of thioether (sulfide) groups is 1. The smallest absolute Gasteiger partial charge is 0.275 e. The average Bonchev–Trinajstić information content (AvgIpc) is 2.90. The Balaban J connectivity index is 1.83. The van der Waals surface area contributed by atoms with Gasteiger partial charge in [-0.3, -0.25) is 0 Å². The van der Waals surface area contributed by atoms with Gasteiger partial charge in [-0.2, -0.15) is 4.98 Å². The standard InChI is InChI=1S/C14H13N3OS2/c1-9(10-6-4-3-5-7-10)19-13-15-8-11-12(16-13)17-14(18-2)20-11/h3-9H,1-2H3/t9-/m1/s1. The minimum atomic E-state index is 0.300. The number of benzene rings is 1. The number of fused-ring (bicyclic) bond motifs is 1. The molecule has 102 valence electrons. The van der Waals surface area contributed by atoms with E-state index in [1.54, 1.807) is 18.9 Å². The summed E-state index contributed by atoms with van der Waals surface area (Å²) in [5, 5.41) is 1.66. The van der Waals surface area contributed by atoms with Crippen molar-refractivity contribution in [1.82, 2.24) is 15.0 Å². The van der Waals surface area contributed by atoms with Gasteiger partial charge in [0.25, 0.3) is 5.19 Å². The maximum atomic E-state index is 5.12. The number of rotatable bonds is 4. The predicted molar refractivity (Wildman–Crippen MR) is 82.5 cm³/mol. The van der Waals surface area contributed by atoms with Gasteiger partial charge >= 0.3 is 0 Å². The molecule has 4 nitrogen and oxygen atoms in total. The van der Waals surface area contributed by atoms with E-state index in [1.807, 2.05) is 24.4 Å². The molecule has 0 aliphatic rings. The van der Waals surface area contributed by atoms with Crippen molar-refractivity contribution in [2.45, 2.75) is 17.3 Å². The molecule has 0 aliphatic heterocycles. The van der Waals surface area contributed by atoms with E-state index in [-0.39, 0.29) is 0 Å². The molecule has 0 radical (unpaired) electrons. The highest BCUT2D eigenvalue weighted by Crippen LogP contribution is 2.34. The Labute approximate surface area is 125 Å². The fourth-order valence-electron chi connectivity index (χ4n) is 1.80. The van der Waals surface area contributed by atoms with E-state index in [9.17, 15) is 0 Å². The van der Waals surface area contributed by atoms with E-state index in [4.69, 9.17) is 4.74 Å². The Morgan fingerprint density at radius 2 is 2.00 bits per heavy atom. The van der Waals surface area contributed by atoms with Crippen LogP contribution >= 0.6 is 23.1 Å². The number of hydrogen-bond donors (Lipinski definition) is 0. The van der Waals surface area contributed by atoms with Gasteiger partial charge in [0.05, 0.1) is 18.0 Å².